The zero-order valence-corrected chi connectivity index (χ0v) is 20.8. The smallest absolute Gasteiger partial charge is 0.261 e. The number of hydrogen-bond donors (Lipinski definition) is 1. The molecular weight excluding hydrogens is 458 g/mol. The van der Waals surface area contributed by atoms with Gasteiger partial charge in [0.05, 0.1) is 23.0 Å². The molecule has 9 heteroatoms. The van der Waals surface area contributed by atoms with Crippen molar-refractivity contribution in [2.45, 2.75) is 40.2 Å². The summed E-state index contributed by atoms with van der Waals surface area (Å²) in [5.74, 6) is -1.31. The van der Waals surface area contributed by atoms with Crippen LogP contribution in [0.4, 0.5) is 5.82 Å². The summed E-state index contributed by atoms with van der Waals surface area (Å²) in [4.78, 5) is 55.1. The Labute approximate surface area is 209 Å². The van der Waals surface area contributed by atoms with Crippen LogP contribution in [-0.4, -0.2) is 62.3 Å². The van der Waals surface area contributed by atoms with E-state index in [4.69, 9.17) is 0 Å². The lowest BCUT2D eigenvalue weighted by Gasteiger charge is -2.20. The molecule has 4 amide bonds. The Hall–Kier alpha value is -4.27. The third kappa shape index (κ3) is 4.28. The lowest BCUT2D eigenvalue weighted by atomic mass is 10.1. The standard InChI is InChI=1S/C27H29N5O4/c1-5-17(4)31-26(35)20-14-13-18(15-21(20)27(31)36)24(33)29-23-22(25(34)30(6-2)7-3)16-28-32(23)19-11-9-8-10-12-19/h8-17H,5-7H2,1-4H3,(H,29,33). The number of fused-ring (bicyclic) bond motifs is 1. The largest absolute Gasteiger partial charge is 0.339 e. The maximum atomic E-state index is 13.4. The third-order valence-electron chi connectivity index (χ3n) is 6.49. The van der Waals surface area contributed by atoms with Gasteiger partial charge in [0.25, 0.3) is 23.6 Å². The Morgan fingerprint density at radius 1 is 0.972 bits per heavy atom. The number of rotatable bonds is 8. The number of benzene rings is 2. The van der Waals surface area contributed by atoms with Crippen molar-refractivity contribution < 1.29 is 19.2 Å². The number of para-hydroxylation sites is 1. The molecule has 0 saturated heterocycles. The van der Waals surface area contributed by atoms with Gasteiger partial charge < -0.3 is 10.2 Å². The fraction of sp³-hybridized carbons (Fsp3) is 0.296. The van der Waals surface area contributed by atoms with Gasteiger partial charge >= 0.3 is 0 Å². The van der Waals surface area contributed by atoms with Crippen molar-refractivity contribution in [3.63, 3.8) is 0 Å². The molecule has 2 heterocycles. The van der Waals surface area contributed by atoms with Crippen LogP contribution in [0.15, 0.2) is 54.7 Å². The zero-order chi connectivity index (χ0) is 26.0. The Bertz CT molecular complexity index is 1330. The monoisotopic (exact) mass is 487 g/mol. The number of anilines is 1. The van der Waals surface area contributed by atoms with Gasteiger partial charge in [-0.15, -0.1) is 0 Å². The maximum Gasteiger partial charge on any atom is 0.261 e. The van der Waals surface area contributed by atoms with Gasteiger partial charge in [-0.25, -0.2) is 4.68 Å². The minimum absolute atomic E-state index is 0.197. The number of carbonyl (C=O) groups excluding carboxylic acids is 4. The van der Waals surface area contributed by atoms with Gasteiger partial charge in [0.2, 0.25) is 0 Å². The van der Waals surface area contributed by atoms with E-state index in [0.717, 1.165) is 0 Å². The van der Waals surface area contributed by atoms with E-state index in [1.54, 1.807) is 4.90 Å². The first-order valence-electron chi connectivity index (χ1n) is 12.1. The van der Waals surface area contributed by atoms with Crippen LogP contribution in [0.5, 0.6) is 0 Å². The van der Waals surface area contributed by atoms with Crippen LogP contribution >= 0.6 is 0 Å². The fourth-order valence-electron chi connectivity index (χ4n) is 4.23. The number of hydrogen-bond acceptors (Lipinski definition) is 5. The second kappa shape index (κ2) is 10.2. The molecule has 0 saturated carbocycles. The van der Waals surface area contributed by atoms with E-state index in [9.17, 15) is 19.2 Å². The minimum atomic E-state index is -0.522. The average molecular weight is 488 g/mol. The SMILES string of the molecule is CCC(C)N1C(=O)c2ccc(C(=O)Nc3c(C(=O)N(CC)CC)cnn3-c3ccccc3)cc2C1=O. The number of aromatic nitrogens is 2. The van der Waals surface area contributed by atoms with E-state index < -0.39 is 11.8 Å². The molecule has 1 unspecified atom stereocenters. The summed E-state index contributed by atoms with van der Waals surface area (Å²) in [7, 11) is 0. The van der Waals surface area contributed by atoms with Gasteiger partial charge in [-0.2, -0.15) is 5.10 Å². The lowest BCUT2D eigenvalue weighted by molar-refractivity contribution is 0.0592. The van der Waals surface area contributed by atoms with E-state index in [-0.39, 0.29) is 45.9 Å². The Balaban J connectivity index is 1.71. The van der Waals surface area contributed by atoms with Crippen molar-refractivity contribution in [2.24, 2.45) is 0 Å². The number of nitrogens with zero attached hydrogens (tertiary/aromatic N) is 4. The maximum absolute atomic E-state index is 13.4. The molecule has 3 aromatic rings. The molecule has 1 atom stereocenters. The highest BCUT2D eigenvalue weighted by Gasteiger charge is 2.38. The number of amides is 4. The normalized spacial score (nSPS) is 13.5. The topological polar surface area (TPSA) is 105 Å². The summed E-state index contributed by atoms with van der Waals surface area (Å²) in [6.07, 6.45) is 2.07. The predicted octanol–water partition coefficient (Wildman–Crippen LogP) is 4.00. The highest BCUT2D eigenvalue weighted by Crippen LogP contribution is 2.28. The quantitative estimate of drug-likeness (QED) is 0.484. The summed E-state index contributed by atoms with van der Waals surface area (Å²) in [5, 5.41) is 7.20. The van der Waals surface area contributed by atoms with Crippen LogP contribution in [0.2, 0.25) is 0 Å². The molecule has 0 spiro atoms. The molecule has 1 aromatic heterocycles. The van der Waals surface area contributed by atoms with Crippen molar-refractivity contribution in [2.75, 3.05) is 18.4 Å². The Kier molecular flexibility index (Phi) is 7.00. The molecule has 2 aromatic carbocycles. The fourth-order valence-corrected chi connectivity index (χ4v) is 4.23. The van der Waals surface area contributed by atoms with Crippen LogP contribution < -0.4 is 5.32 Å². The summed E-state index contributed by atoms with van der Waals surface area (Å²) < 4.78 is 1.50. The van der Waals surface area contributed by atoms with E-state index in [0.29, 0.717) is 25.2 Å². The number of nitrogens with one attached hydrogen (secondary N) is 1. The van der Waals surface area contributed by atoms with Crippen LogP contribution in [0.1, 0.15) is 75.5 Å². The van der Waals surface area contributed by atoms with E-state index in [1.807, 2.05) is 58.0 Å². The predicted molar refractivity (Wildman–Crippen MR) is 135 cm³/mol. The van der Waals surface area contributed by atoms with Crippen LogP contribution in [0.25, 0.3) is 5.69 Å². The molecule has 0 aliphatic carbocycles. The van der Waals surface area contributed by atoms with Crippen molar-refractivity contribution >= 4 is 29.4 Å². The Morgan fingerprint density at radius 3 is 2.28 bits per heavy atom. The summed E-state index contributed by atoms with van der Waals surface area (Å²) >= 11 is 0. The molecule has 1 N–H and O–H groups in total. The first-order chi connectivity index (χ1) is 17.3. The highest BCUT2D eigenvalue weighted by atomic mass is 16.2. The van der Waals surface area contributed by atoms with Crippen molar-refractivity contribution in [3.05, 3.63) is 77.0 Å². The summed E-state index contributed by atoms with van der Waals surface area (Å²) in [5.41, 5.74) is 1.60. The minimum Gasteiger partial charge on any atom is -0.339 e. The van der Waals surface area contributed by atoms with Crippen LogP contribution in [0, 0.1) is 0 Å². The molecule has 0 bridgehead atoms. The summed E-state index contributed by atoms with van der Waals surface area (Å²) in [6.45, 7) is 8.49. The van der Waals surface area contributed by atoms with Crippen molar-refractivity contribution in [3.8, 4) is 5.69 Å². The number of carbonyl (C=O) groups is 4. The van der Waals surface area contributed by atoms with E-state index in [1.165, 1.54) is 34.0 Å². The second-order valence-electron chi connectivity index (χ2n) is 8.58. The van der Waals surface area contributed by atoms with Crippen LogP contribution in [0.3, 0.4) is 0 Å². The van der Waals surface area contributed by atoms with Gasteiger partial charge in [0.15, 0.2) is 0 Å². The first kappa shape index (κ1) is 24.8. The van der Waals surface area contributed by atoms with Gasteiger partial charge in [-0.3, -0.25) is 24.1 Å². The Morgan fingerprint density at radius 2 is 1.64 bits per heavy atom. The van der Waals surface area contributed by atoms with Gasteiger partial charge in [-0.05, 0) is 57.5 Å². The second-order valence-corrected chi connectivity index (χ2v) is 8.58. The molecule has 0 radical (unpaired) electrons. The first-order valence-corrected chi connectivity index (χ1v) is 12.1. The molecule has 4 rings (SSSR count). The zero-order valence-electron chi connectivity index (χ0n) is 20.8. The van der Waals surface area contributed by atoms with Crippen molar-refractivity contribution in [1.82, 2.24) is 19.6 Å². The van der Waals surface area contributed by atoms with Gasteiger partial charge in [0.1, 0.15) is 11.4 Å². The molecule has 36 heavy (non-hydrogen) atoms. The van der Waals surface area contributed by atoms with Crippen LogP contribution in [-0.2, 0) is 0 Å². The van der Waals surface area contributed by atoms with E-state index in [2.05, 4.69) is 10.4 Å². The van der Waals surface area contributed by atoms with E-state index >= 15 is 0 Å². The third-order valence-corrected chi connectivity index (χ3v) is 6.49. The highest BCUT2D eigenvalue weighted by molar-refractivity contribution is 6.22. The molecule has 0 fully saturated rings. The molecule has 1 aliphatic heterocycles. The molecule has 186 valence electrons. The molecular formula is C27H29N5O4. The molecule has 9 nitrogen and oxygen atoms in total. The molecule has 1 aliphatic rings. The average Bonchev–Trinajstić information content (AvgIpc) is 3.42. The van der Waals surface area contributed by atoms with Crippen molar-refractivity contribution in [1.29, 1.82) is 0 Å². The summed E-state index contributed by atoms with van der Waals surface area (Å²) in [6, 6.07) is 13.4. The number of imide groups is 1. The van der Waals surface area contributed by atoms with Gasteiger partial charge in [-0.1, -0.05) is 25.1 Å². The lowest BCUT2D eigenvalue weighted by Crippen LogP contribution is -2.37. The van der Waals surface area contributed by atoms with Gasteiger partial charge in [0, 0.05) is 24.7 Å².